The lowest BCUT2D eigenvalue weighted by Gasteiger charge is -2.10. The van der Waals surface area contributed by atoms with E-state index in [9.17, 15) is 20.2 Å². The van der Waals surface area contributed by atoms with Gasteiger partial charge in [0, 0.05) is 24.8 Å². The molecule has 0 amide bonds. The van der Waals surface area contributed by atoms with Crippen molar-refractivity contribution in [3.05, 3.63) is 44.0 Å². The van der Waals surface area contributed by atoms with Crippen molar-refractivity contribution in [1.82, 2.24) is 0 Å². The number of non-ortho nitro benzene ring substituents is 1. The fourth-order valence-corrected chi connectivity index (χ4v) is 1.69. The van der Waals surface area contributed by atoms with Crippen LogP contribution < -0.4 is 5.73 Å². The van der Waals surface area contributed by atoms with Crippen LogP contribution in [0, 0.1) is 20.2 Å². The number of hydrogen-bond acceptors (Lipinski definition) is 6. The SMILES string of the molecule is COCC(N)CCc1ccc([N+](=O)[O-])cc1[N+](=O)[O-]. The van der Waals surface area contributed by atoms with Gasteiger partial charge in [0.2, 0.25) is 0 Å². The van der Waals surface area contributed by atoms with E-state index in [1.807, 2.05) is 0 Å². The van der Waals surface area contributed by atoms with Crippen molar-refractivity contribution in [3.8, 4) is 0 Å². The Hall–Kier alpha value is -2.06. The number of aryl methyl sites for hydroxylation is 1. The first kappa shape index (κ1) is 15.0. The fourth-order valence-electron chi connectivity index (χ4n) is 1.69. The summed E-state index contributed by atoms with van der Waals surface area (Å²) in [5.41, 5.74) is 5.62. The van der Waals surface area contributed by atoms with Crippen molar-refractivity contribution in [1.29, 1.82) is 0 Å². The van der Waals surface area contributed by atoms with Gasteiger partial charge in [-0.1, -0.05) is 0 Å². The first-order valence-electron chi connectivity index (χ1n) is 5.62. The van der Waals surface area contributed by atoms with E-state index < -0.39 is 9.85 Å². The summed E-state index contributed by atoms with van der Waals surface area (Å²) in [6.07, 6.45) is 0.880. The summed E-state index contributed by atoms with van der Waals surface area (Å²) in [4.78, 5) is 20.2. The van der Waals surface area contributed by atoms with Crippen molar-refractivity contribution in [3.63, 3.8) is 0 Å². The van der Waals surface area contributed by atoms with E-state index in [0.717, 1.165) is 6.07 Å². The van der Waals surface area contributed by atoms with Crippen LogP contribution in [0.2, 0.25) is 0 Å². The van der Waals surface area contributed by atoms with E-state index in [1.54, 1.807) is 0 Å². The monoisotopic (exact) mass is 269 g/mol. The lowest BCUT2D eigenvalue weighted by molar-refractivity contribution is -0.394. The summed E-state index contributed by atoms with van der Waals surface area (Å²) in [5.74, 6) is 0. The van der Waals surface area contributed by atoms with Gasteiger partial charge >= 0.3 is 0 Å². The van der Waals surface area contributed by atoms with Crippen molar-refractivity contribution < 1.29 is 14.6 Å². The van der Waals surface area contributed by atoms with Gasteiger partial charge in [0.25, 0.3) is 11.4 Å². The molecule has 0 aliphatic carbocycles. The van der Waals surface area contributed by atoms with Gasteiger partial charge in [-0.3, -0.25) is 20.2 Å². The predicted molar refractivity (Wildman–Crippen MR) is 67.9 cm³/mol. The van der Waals surface area contributed by atoms with Crippen LogP contribution in [0.15, 0.2) is 18.2 Å². The third kappa shape index (κ3) is 4.27. The first-order chi connectivity index (χ1) is 8.95. The normalized spacial score (nSPS) is 12.1. The number of methoxy groups -OCH3 is 1. The topological polar surface area (TPSA) is 122 Å². The second kappa shape index (κ2) is 6.76. The molecule has 1 aromatic carbocycles. The molecule has 1 rings (SSSR count). The molecule has 1 aromatic rings. The second-order valence-corrected chi connectivity index (χ2v) is 4.08. The Kier molecular flexibility index (Phi) is 5.34. The van der Waals surface area contributed by atoms with Crippen LogP contribution >= 0.6 is 0 Å². The van der Waals surface area contributed by atoms with Crippen molar-refractivity contribution in [2.24, 2.45) is 5.73 Å². The molecule has 2 N–H and O–H groups in total. The lowest BCUT2D eigenvalue weighted by Crippen LogP contribution is -2.26. The zero-order valence-corrected chi connectivity index (χ0v) is 10.4. The Morgan fingerprint density at radius 3 is 2.53 bits per heavy atom. The van der Waals surface area contributed by atoms with Gasteiger partial charge in [-0.2, -0.15) is 0 Å². The molecule has 0 bridgehead atoms. The van der Waals surface area contributed by atoms with Gasteiger partial charge in [0.15, 0.2) is 0 Å². The number of nitro benzene ring substituents is 2. The Morgan fingerprint density at radius 1 is 1.32 bits per heavy atom. The molecule has 1 atom stereocenters. The number of hydrogen-bond donors (Lipinski definition) is 1. The first-order valence-corrected chi connectivity index (χ1v) is 5.62. The average Bonchev–Trinajstić information content (AvgIpc) is 2.36. The molecule has 1 unspecified atom stereocenters. The fraction of sp³-hybridized carbons (Fsp3) is 0.455. The molecular weight excluding hydrogens is 254 g/mol. The summed E-state index contributed by atoms with van der Waals surface area (Å²) in [5, 5.41) is 21.5. The number of ether oxygens (including phenoxy) is 1. The summed E-state index contributed by atoms with van der Waals surface area (Å²) >= 11 is 0. The van der Waals surface area contributed by atoms with Crippen LogP contribution in [0.4, 0.5) is 11.4 Å². The third-order valence-corrected chi connectivity index (χ3v) is 2.64. The largest absolute Gasteiger partial charge is 0.383 e. The van der Waals surface area contributed by atoms with Crippen molar-refractivity contribution in [2.75, 3.05) is 13.7 Å². The highest BCUT2D eigenvalue weighted by molar-refractivity contribution is 5.49. The van der Waals surface area contributed by atoms with Crippen LogP contribution in [0.5, 0.6) is 0 Å². The molecular formula is C11H15N3O5. The van der Waals surface area contributed by atoms with Crippen molar-refractivity contribution in [2.45, 2.75) is 18.9 Å². The molecule has 0 saturated heterocycles. The third-order valence-electron chi connectivity index (χ3n) is 2.64. The van der Waals surface area contributed by atoms with E-state index in [4.69, 9.17) is 10.5 Å². The smallest absolute Gasteiger partial charge is 0.279 e. The standard InChI is InChI=1S/C11H15N3O5/c1-19-7-9(12)4-2-8-3-5-10(13(15)16)6-11(8)14(17)18/h3,5-6,9H,2,4,7,12H2,1H3. The molecule has 0 aliphatic rings. The maximum absolute atomic E-state index is 10.9. The molecule has 0 spiro atoms. The number of nitrogens with zero attached hydrogens (tertiary/aromatic N) is 2. The minimum Gasteiger partial charge on any atom is -0.383 e. The van der Waals surface area contributed by atoms with Crippen LogP contribution in [0.3, 0.4) is 0 Å². The molecule has 0 aromatic heterocycles. The highest BCUT2D eigenvalue weighted by Gasteiger charge is 2.19. The Morgan fingerprint density at radius 2 is 2.00 bits per heavy atom. The van der Waals surface area contributed by atoms with Gasteiger partial charge in [-0.05, 0) is 18.9 Å². The quantitative estimate of drug-likeness (QED) is 0.589. The molecule has 8 heteroatoms. The molecule has 0 heterocycles. The van der Waals surface area contributed by atoms with E-state index in [0.29, 0.717) is 25.0 Å². The van der Waals surface area contributed by atoms with Crippen LogP contribution in [0.25, 0.3) is 0 Å². The van der Waals surface area contributed by atoms with Crippen molar-refractivity contribution >= 4 is 11.4 Å². The Bertz CT molecular complexity index is 477. The lowest BCUT2D eigenvalue weighted by atomic mass is 10.0. The van der Waals surface area contributed by atoms with Gasteiger partial charge in [-0.15, -0.1) is 0 Å². The summed E-state index contributed by atoms with van der Waals surface area (Å²) < 4.78 is 4.87. The predicted octanol–water partition coefficient (Wildman–Crippen LogP) is 1.41. The molecule has 0 fully saturated rings. The number of rotatable bonds is 7. The summed E-state index contributed by atoms with van der Waals surface area (Å²) in [6, 6.07) is 3.40. The minimum absolute atomic E-state index is 0.222. The number of benzene rings is 1. The van der Waals surface area contributed by atoms with Gasteiger partial charge in [0.1, 0.15) is 0 Å². The van der Waals surface area contributed by atoms with Gasteiger partial charge < -0.3 is 10.5 Å². The summed E-state index contributed by atoms with van der Waals surface area (Å²) in [7, 11) is 1.52. The number of nitrogens with two attached hydrogens (primary N) is 1. The van der Waals surface area contributed by atoms with E-state index in [-0.39, 0.29) is 17.4 Å². The molecule has 0 aliphatic heterocycles. The second-order valence-electron chi connectivity index (χ2n) is 4.08. The Balaban J connectivity index is 2.88. The molecule has 19 heavy (non-hydrogen) atoms. The summed E-state index contributed by atoms with van der Waals surface area (Å²) in [6.45, 7) is 0.362. The minimum atomic E-state index is -0.659. The van der Waals surface area contributed by atoms with Gasteiger partial charge in [-0.25, -0.2) is 0 Å². The molecule has 0 radical (unpaired) electrons. The van der Waals surface area contributed by atoms with Crippen LogP contribution in [-0.4, -0.2) is 29.6 Å². The van der Waals surface area contributed by atoms with E-state index in [2.05, 4.69) is 0 Å². The molecule has 8 nitrogen and oxygen atoms in total. The zero-order valence-electron chi connectivity index (χ0n) is 10.4. The van der Waals surface area contributed by atoms with Crippen LogP contribution in [-0.2, 0) is 11.2 Å². The maximum Gasteiger partial charge on any atom is 0.279 e. The van der Waals surface area contributed by atoms with Crippen LogP contribution in [0.1, 0.15) is 12.0 Å². The molecule has 0 saturated carbocycles. The maximum atomic E-state index is 10.9. The highest BCUT2D eigenvalue weighted by Crippen LogP contribution is 2.25. The highest BCUT2D eigenvalue weighted by atomic mass is 16.6. The van der Waals surface area contributed by atoms with Gasteiger partial charge in [0.05, 0.1) is 22.5 Å². The van der Waals surface area contributed by atoms with E-state index >= 15 is 0 Å². The van der Waals surface area contributed by atoms with E-state index in [1.165, 1.54) is 19.2 Å². The Labute approximate surface area is 109 Å². The average molecular weight is 269 g/mol. The number of nitro groups is 2. The zero-order chi connectivity index (χ0) is 14.4. The molecule has 104 valence electrons.